The first-order valence-corrected chi connectivity index (χ1v) is 7.95. The van der Waals surface area contributed by atoms with Gasteiger partial charge in [0.15, 0.2) is 0 Å². The van der Waals surface area contributed by atoms with Gasteiger partial charge in [0.1, 0.15) is 11.6 Å². The number of likely N-dealkylation sites (tertiary alicyclic amines) is 1. The van der Waals surface area contributed by atoms with Gasteiger partial charge in [0.2, 0.25) is 0 Å². The number of nitrogens with zero attached hydrogens (tertiary/aromatic N) is 3. The Balaban J connectivity index is 1.54. The van der Waals surface area contributed by atoms with E-state index in [4.69, 9.17) is 4.98 Å². The topological polar surface area (TPSA) is 60.6 Å². The maximum Gasteiger partial charge on any atom is 0.120 e. The van der Waals surface area contributed by atoms with E-state index in [1.54, 1.807) is 0 Å². The lowest BCUT2D eigenvalue weighted by Crippen LogP contribution is -2.34. The number of aromatic amines is 2. The van der Waals surface area contributed by atoms with E-state index in [1.807, 2.05) is 12.4 Å². The Bertz CT molecular complexity index is 759. The molecule has 0 saturated carbocycles. The first-order chi connectivity index (χ1) is 10.8. The summed E-state index contributed by atoms with van der Waals surface area (Å²) in [4.78, 5) is 18.4. The maximum atomic E-state index is 4.86. The third-order valence-corrected chi connectivity index (χ3v) is 4.55. The number of imidazole rings is 2. The van der Waals surface area contributed by atoms with Crippen molar-refractivity contribution in [3.63, 3.8) is 0 Å². The zero-order chi connectivity index (χ0) is 14.9. The Morgan fingerprint density at radius 2 is 2.32 bits per heavy atom. The van der Waals surface area contributed by atoms with Crippen LogP contribution in [-0.2, 0) is 6.54 Å². The summed E-state index contributed by atoms with van der Waals surface area (Å²) >= 11 is 0. The largest absolute Gasteiger partial charge is 0.348 e. The highest BCUT2D eigenvalue weighted by molar-refractivity contribution is 5.78. The van der Waals surface area contributed by atoms with Crippen LogP contribution in [0.15, 0.2) is 30.6 Å². The van der Waals surface area contributed by atoms with Crippen LogP contribution in [0.1, 0.15) is 36.0 Å². The normalized spacial score (nSPS) is 19.8. The molecule has 1 aromatic carbocycles. The van der Waals surface area contributed by atoms with Crippen molar-refractivity contribution >= 4 is 11.0 Å². The van der Waals surface area contributed by atoms with Crippen LogP contribution in [0.25, 0.3) is 11.0 Å². The van der Waals surface area contributed by atoms with Gasteiger partial charge in [-0.1, -0.05) is 12.1 Å². The fourth-order valence-electron chi connectivity index (χ4n) is 3.41. The van der Waals surface area contributed by atoms with E-state index in [0.717, 1.165) is 42.3 Å². The van der Waals surface area contributed by atoms with Crippen LogP contribution in [0.3, 0.4) is 0 Å². The first kappa shape index (κ1) is 13.5. The van der Waals surface area contributed by atoms with E-state index < -0.39 is 0 Å². The van der Waals surface area contributed by atoms with Crippen LogP contribution in [0.5, 0.6) is 0 Å². The molecule has 2 aromatic heterocycles. The van der Waals surface area contributed by atoms with Gasteiger partial charge in [0.25, 0.3) is 0 Å². The minimum Gasteiger partial charge on any atom is -0.348 e. The fourth-order valence-corrected chi connectivity index (χ4v) is 3.41. The molecule has 114 valence electrons. The lowest BCUT2D eigenvalue weighted by Gasteiger charge is -2.31. The van der Waals surface area contributed by atoms with Crippen LogP contribution in [0, 0.1) is 6.92 Å². The summed E-state index contributed by atoms with van der Waals surface area (Å²) in [5.74, 6) is 2.66. The van der Waals surface area contributed by atoms with E-state index in [2.05, 4.69) is 45.0 Å². The number of benzene rings is 1. The van der Waals surface area contributed by atoms with Crippen molar-refractivity contribution < 1.29 is 0 Å². The highest BCUT2D eigenvalue weighted by atomic mass is 15.2. The maximum absolute atomic E-state index is 4.86. The van der Waals surface area contributed by atoms with Gasteiger partial charge < -0.3 is 9.97 Å². The average Bonchev–Trinajstić information content (AvgIpc) is 3.17. The second-order valence-corrected chi connectivity index (χ2v) is 6.20. The molecule has 5 nitrogen and oxygen atoms in total. The molecule has 1 aliphatic heterocycles. The molecular weight excluding hydrogens is 274 g/mol. The molecule has 2 N–H and O–H groups in total. The Labute approximate surface area is 129 Å². The zero-order valence-electron chi connectivity index (χ0n) is 12.8. The molecule has 3 heterocycles. The van der Waals surface area contributed by atoms with Crippen LogP contribution in [0.2, 0.25) is 0 Å². The summed E-state index contributed by atoms with van der Waals surface area (Å²) in [6.07, 6.45) is 6.12. The van der Waals surface area contributed by atoms with Gasteiger partial charge in [0.05, 0.1) is 17.6 Å². The Hall–Kier alpha value is -2.14. The molecule has 0 radical (unpaired) electrons. The van der Waals surface area contributed by atoms with Gasteiger partial charge in [-0.15, -0.1) is 0 Å². The number of aryl methyl sites for hydroxylation is 1. The van der Waals surface area contributed by atoms with Crippen molar-refractivity contribution in [2.45, 2.75) is 32.2 Å². The predicted octanol–water partition coefficient (Wildman–Crippen LogP) is 2.97. The molecule has 1 fully saturated rings. The SMILES string of the molecule is Cc1cccc2[nH]c([C@H]3CCCN(Cc4ncc[nH]4)C3)nc12. The van der Waals surface area contributed by atoms with E-state index in [-0.39, 0.29) is 0 Å². The summed E-state index contributed by atoms with van der Waals surface area (Å²) in [6, 6.07) is 6.32. The summed E-state index contributed by atoms with van der Waals surface area (Å²) in [6.45, 7) is 5.19. The number of nitrogens with one attached hydrogen (secondary N) is 2. The molecule has 0 spiro atoms. The molecule has 0 aliphatic carbocycles. The zero-order valence-corrected chi connectivity index (χ0v) is 12.8. The second-order valence-electron chi connectivity index (χ2n) is 6.20. The third-order valence-electron chi connectivity index (χ3n) is 4.55. The van der Waals surface area contributed by atoms with E-state index in [9.17, 15) is 0 Å². The minimum atomic E-state index is 0.482. The van der Waals surface area contributed by atoms with E-state index in [1.165, 1.54) is 18.4 Å². The number of hydrogen-bond acceptors (Lipinski definition) is 3. The first-order valence-electron chi connectivity index (χ1n) is 7.95. The standard InChI is InChI=1S/C17H21N5/c1-12-4-2-6-14-16(12)21-17(20-14)13-5-3-9-22(10-13)11-15-18-7-8-19-15/h2,4,6-8,13H,3,5,9-11H2,1H3,(H,18,19)(H,20,21)/t13-/m0/s1. The fraction of sp³-hybridized carbons (Fsp3) is 0.412. The Morgan fingerprint density at radius 1 is 1.36 bits per heavy atom. The monoisotopic (exact) mass is 295 g/mol. The minimum absolute atomic E-state index is 0.482. The third kappa shape index (κ3) is 2.52. The predicted molar refractivity (Wildman–Crippen MR) is 86.7 cm³/mol. The van der Waals surface area contributed by atoms with Crippen molar-refractivity contribution in [3.05, 3.63) is 47.8 Å². The molecular formula is C17H21N5. The molecule has 0 unspecified atom stereocenters. The van der Waals surface area contributed by atoms with Crippen LogP contribution < -0.4 is 0 Å². The van der Waals surface area contributed by atoms with Gasteiger partial charge in [-0.3, -0.25) is 4.90 Å². The quantitative estimate of drug-likeness (QED) is 0.781. The smallest absolute Gasteiger partial charge is 0.120 e. The number of piperidine rings is 1. The second kappa shape index (κ2) is 5.57. The molecule has 5 heteroatoms. The number of H-pyrrole nitrogens is 2. The number of aromatic nitrogens is 4. The Kier molecular flexibility index (Phi) is 3.42. The highest BCUT2D eigenvalue weighted by Crippen LogP contribution is 2.28. The molecule has 1 atom stereocenters. The molecule has 1 aliphatic rings. The summed E-state index contributed by atoms with van der Waals surface area (Å²) in [7, 11) is 0. The van der Waals surface area contributed by atoms with E-state index >= 15 is 0 Å². The van der Waals surface area contributed by atoms with Crippen molar-refractivity contribution in [1.82, 2.24) is 24.8 Å². The number of hydrogen-bond donors (Lipinski definition) is 2. The van der Waals surface area contributed by atoms with Crippen molar-refractivity contribution in [3.8, 4) is 0 Å². The molecule has 1 saturated heterocycles. The van der Waals surface area contributed by atoms with Crippen molar-refractivity contribution in [2.75, 3.05) is 13.1 Å². The average molecular weight is 295 g/mol. The molecule has 4 rings (SSSR count). The molecule has 22 heavy (non-hydrogen) atoms. The molecule has 3 aromatic rings. The number of fused-ring (bicyclic) bond motifs is 1. The lowest BCUT2D eigenvalue weighted by molar-refractivity contribution is 0.193. The van der Waals surface area contributed by atoms with Gasteiger partial charge >= 0.3 is 0 Å². The highest BCUT2D eigenvalue weighted by Gasteiger charge is 2.24. The Morgan fingerprint density at radius 3 is 3.14 bits per heavy atom. The molecule has 0 bridgehead atoms. The van der Waals surface area contributed by atoms with Gasteiger partial charge in [-0.25, -0.2) is 9.97 Å². The van der Waals surface area contributed by atoms with Gasteiger partial charge in [-0.2, -0.15) is 0 Å². The van der Waals surface area contributed by atoms with Crippen LogP contribution >= 0.6 is 0 Å². The summed E-state index contributed by atoms with van der Waals surface area (Å²) in [5, 5.41) is 0. The number of rotatable bonds is 3. The molecule has 0 amide bonds. The number of para-hydroxylation sites is 1. The van der Waals surface area contributed by atoms with Crippen LogP contribution in [-0.4, -0.2) is 37.9 Å². The van der Waals surface area contributed by atoms with Crippen molar-refractivity contribution in [1.29, 1.82) is 0 Å². The van der Waals surface area contributed by atoms with Crippen LogP contribution in [0.4, 0.5) is 0 Å². The summed E-state index contributed by atoms with van der Waals surface area (Å²) in [5.41, 5.74) is 3.50. The van der Waals surface area contributed by atoms with Crippen molar-refractivity contribution in [2.24, 2.45) is 0 Å². The lowest BCUT2D eigenvalue weighted by atomic mass is 9.97. The summed E-state index contributed by atoms with van der Waals surface area (Å²) < 4.78 is 0. The van der Waals surface area contributed by atoms with E-state index in [0.29, 0.717) is 5.92 Å². The van der Waals surface area contributed by atoms with Gasteiger partial charge in [-0.05, 0) is 37.9 Å². The van der Waals surface area contributed by atoms with Gasteiger partial charge in [0, 0.05) is 24.9 Å².